The number of imide groups is 1. The Labute approximate surface area is 153 Å². The lowest BCUT2D eigenvalue weighted by atomic mass is 10.1. The zero-order chi connectivity index (χ0) is 17.6. The molecule has 140 valence electrons. The molecule has 4 heteroatoms. The van der Waals surface area contributed by atoms with Crippen LogP contribution in [0.25, 0.3) is 0 Å². The fourth-order valence-electron chi connectivity index (χ4n) is 3.21. The number of hydrogen-bond acceptors (Lipinski definition) is 3. The minimum absolute atomic E-state index is 0.0381. The molecule has 0 radical (unpaired) electrons. The lowest BCUT2D eigenvalue weighted by Gasteiger charge is -2.24. The Kier molecular flexibility index (Phi) is 12.3. The van der Waals surface area contributed by atoms with E-state index in [-0.39, 0.29) is 11.8 Å². The predicted octanol–water partition coefficient (Wildman–Crippen LogP) is 5.57. The molecule has 0 aromatic carbocycles. The molecule has 1 saturated heterocycles. The number of hydrogen-bond donors (Lipinski definition) is 0. The third-order valence-corrected chi connectivity index (χ3v) is 6.24. The summed E-state index contributed by atoms with van der Waals surface area (Å²) in [6.07, 6.45) is 14.6. The van der Waals surface area contributed by atoms with Crippen molar-refractivity contribution in [2.24, 2.45) is 0 Å². The second kappa shape index (κ2) is 13.7. The molecule has 0 aliphatic carbocycles. The van der Waals surface area contributed by atoms with E-state index in [1.54, 1.807) is 0 Å². The summed E-state index contributed by atoms with van der Waals surface area (Å²) in [4.78, 5) is 25.0. The van der Waals surface area contributed by atoms with Crippen molar-refractivity contribution < 1.29 is 9.59 Å². The van der Waals surface area contributed by atoms with Gasteiger partial charge in [-0.15, -0.1) is 0 Å². The highest BCUT2D eigenvalue weighted by Crippen LogP contribution is 2.24. The van der Waals surface area contributed by atoms with Gasteiger partial charge in [0, 0.05) is 24.6 Å². The number of thioether (sulfide) groups is 1. The highest BCUT2D eigenvalue weighted by molar-refractivity contribution is 7.99. The van der Waals surface area contributed by atoms with Crippen molar-refractivity contribution in [1.82, 2.24) is 4.90 Å². The summed E-state index contributed by atoms with van der Waals surface area (Å²) in [5.74, 6) is 1.30. The van der Waals surface area contributed by atoms with Gasteiger partial charge in [-0.25, -0.2) is 0 Å². The molecule has 0 bridgehead atoms. The van der Waals surface area contributed by atoms with Gasteiger partial charge in [0.05, 0.1) is 0 Å². The summed E-state index contributed by atoms with van der Waals surface area (Å²) in [5.41, 5.74) is 0. The van der Waals surface area contributed by atoms with Gasteiger partial charge in [0.15, 0.2) is 0 Å². The van der Waals surface area contributed by atoms with Crippen molar-refractivity contribution in [1.29, 1.82) is 0 Å². The van der Waals surface area contributed by atoms with E-state index in [0.717, 1.165) is 24.5 Å². The molecular weight excluding hydrogens is 318 g/mol. The normalized spacial score (nSPS) is 16.7. The number of unbranched alkanes of at least 4 members (excludes halogenated alkanes) is 5. The van der Waals surface area contributed by atoms with Crippen molar-refractivity contribution in [3.63, 3.8) is 0 Å². The van der Waals surface area contributed by atoms with Crippen molar-refractivity contribution in [3.05, 3.63) is 0 Å². The first-order valence-corrected chi connectivity index (χ1v) is 11.2. The molecule has 1 fully saturated rings. The van der Waals surface area contributed by atoms with Gasteiger partial charge in [0.2, 0.25) is 11.8 Å². The number of rotatable bonds is 14. The molecule has 24 heavy (non-hydrogen) atoms. The van der Waals surface area contributed by atoms with Crippen LogP contribution in [0.3, 0.4) is 0 Å². The van der Waals surface area contributed by atoms with Crippen molar-refractivity contribution >= 4 is 23.6 Å². The largest absolute Gasteiger partial charge is 0.283 e. The zero-order valence-corrected chi connectivity index (χ0v) is 16.7. The molecule has 2 amide bonds. The van der Waals surface area contributed by atoms with E-state index in [1.165, 1.54) is 62.0 Å². The number of nitrogens with zero attached hydrogens (tertiary/aromatic N) is 1. The number of carbonyl (C=O) groups is 2. The Bertz CT molecular complexity index is 344. The zero-order valence-electron chi connectivity index (χ0n) is 15.9. The minimum atomic E-state index is 0.0381. The third kappa shape index (κ3) is 9.10. The Morgan fingerprint density at radius 3 is 2.21 bits per heavy atom. The fraction of sp³-hybridized carbons (Fsp3) is 0.900. The maximum Gasteiger partial charge on any atom is 0.229 e. The van der Waals surface area contributed by atoms with Crippen molar-refractivity contribution in [2.75, 3.05) is 12.3 Å². The first-order valence-electron chi connectivity index (χ1n) is 10.1. The molecule has 1 aliphatic heterocycles. The van der Waals surface area contributed by atoms with Crippen LogP contribution in [0.5, 0.6) is 0 Å². The van der Waals surface area contributed by atoms with E-state index < -0.39 is 0 Å². The molecule has 1 rings (SSSR count). The van der Waals surface area contributed by atoms with E-state index in [1.807, 2.05) is 0 Å². The number of amides is 2. The molecule has 1 heterocycles. The van der Waals surface area contributed by atoms with Gasteiger partial charge in [0.25, 0.3) is 0 Å². The van der Waals surface area contributed by atoms with E-state index >= 15 is 0 Å². The molecule has 3 nitrogen and oxygen atoms in total. The summed E-state index contributed by atoms with van der Waals surface area (Å²) >= 11 is 2.15. The van der Waals surface area contributed by atoms with Crippen LogP contribution >= 0.6 is 11.8 Å². The van der Waals surface area contributed by atoms with Crippen LogP contribution < -0.4 is 0 Å². The average Bonchev–Trinajstić information content (AvgIpc) is 2.57. The molecule has 0 aromatic rings. The lowest BCUT2D eigenvalue weighted by Crippen LogP contribution is -2.40. The predicted molar refractivity (Wildman–Crippen MR) is 104 cm³/mol. The molecule has 0 N–H and O–H groups in total. The molecule has 1 atom stereocenters. The number of piperidine rings is 1. The molecule has 0 aromatic heterocycles. The van der Waals surface area contributed by atoms with E-state index in [0.29, 0.717) is 19.4 Å². The smallest absolute Gasteiger partial charge is 0.229 e. The minimum Gasteiger partial charge on any atom is -0.283 e. The standard InChI is InChI=1S/C20H37NO2S/c1-3-5-8-13-18(12-6-4-2)24-17-10-7-9-16-21-19(22)14-11-15-20(21)23/h18H,3-17H2,1-2H3. The van der Waals surface area contributed by atoms with Gasteiger partial charge in [-0.3, -0.25) is 14.5 Å². The third-order valence-electron chi connectivity index (χ3n) is 4.77. The first kappa shape index (κ1) is 21.5. The van der Waals surface area contributed by atoms with Crippen LogP contribution in [0.2, 0.25) is 0 Å². The summed E-state index contributed by atoms with van der Waals surface area (Å²) in [5, 5.41) is 0.835. The van der Waals surface area contributed by atoms with Crippen LogP contribution in [0, 0.1) is 0 Å². The summed E-state index contributed by atoms with van der Waals surface area (Å²) in [6, 6.07) is 0. The van der Waals surface area contributed by atoms with Gasteiger partial charge < -0.3 is 0 Å². The van der Waals surface area contributed by atoms with Crippen LogP contribution in [0.4, 0.5) is 0 Å². The van der Waals surface area contributed by atoms with Crippen LogP contribution in [-0.2, 0) is 9.59 Å². The van der Waals surface area contributed by atoms with Crippen LogP contribution in [-0.4, -0.2) is 34.3 Å². The molecule has 0 spiro atoms. The molecule has 1 aliphatic rings. The van der Waals surface area contributed by atoms with Crippen LogP contribution in [0.1, 0.15) is 97.3 Å². The lowest BCUT2D eigenvalue weighted by molar-refractivity contribution is -0.147. The van der Waals surface area contributed by atoms with Crippen molar-refractivity contribution in [2.45, 2.75) is 103 Å². The van der Waals surface area contributed by atoms with Gasteiger partial charge in [-0.2, -0.15) is 11.8 Å². The first-order chi connectivity index (χ1) is 11.7. The van der Waals surface area contributed by atoms with Crippen LogP contribution in [0.15, 0.2) is 0 Å². The Morgan fingerprint density at radius 2 is 1.54 bits per heavy atom. The van der Waals surface area contributed by atoms with Crippen molar-refractivity contribution in [3.8, 4) is 0 Å². The van der Waals surface area contributed by atoms with Gasteiger partial charge in [-0.05, 0) is 37.9 Å². The fourth-order valence-corrected chi connectivity index (χ4v) is 4.58. The monoisotopic (exact) mass is 355 g/mol. The molecule has 0 saturated carbocycles. The van der Waals surface area contributed by atoms with Gasteiger partial charge in [0.1, 0.15) is 0 Å². The second-order valence-corrected chi connectivity index (χ2v) is 8.39. The number of carbonyl (C=O) groups excluding carboxylic acids is 2. The van der Waals surface area contributed by atoms with E-state index in [2.05, 4.69) is 25.6 Å². The Morgan fingerprint density at radius 1 is 0.875 bits per heavy atom. The Balaban J connectivity index is 2.11. The Hall–Kier alpha value is -0.510. The summed E-state index contributed by atoms with van der Waals surface area (Å²) in [7, 11) is 0. The quantitative estimate of drug-likeness (QED) is 0.302. The maximum atomic E-state index is 11.7. The highest BCUT2D eigenvalue weighted by atomic mass is 32.2. The second-order valence-electron chi connectivity index (χ2n) is 6.98. The average molecular weight is 356 g/mol. The van der Waals surface area contributed by atoms with E-state index in [9.17, 15) is 9.59 Å². The number of likely N-dealkylation sites (tertiary alicyclic amines) is 1. The maximum absolute atomic E-state index is 11.7. The van der Waals surface area contributed by atoms with Gasteiger partial charge >= 0.3 is 0 Å². The molecular formula is C20H37NO2S. The summed E-state index contributed by atoms with van der Waals surface area (Å²) < 4.78 is 0. The van der Waals surface area contributed by atoms with Gasteiger partial charge in [-0.1, -0.05) is 52.4 Å². The molecule has 1 unspecified atom stereocenters. The van der Waals surface area contributed by atoms with E-state index in [4.69, 9.17) is 0 Å². The highest BCUT2D eigenvalue weighted by Gasteiger charge is 2.24. The summed E-state index contributed by atoms with van der Waals surface area (Å²) in [6.45, 7) is 5.18. The SMILES string of the molecule is CCCCCC(CCCC)SCCCCCN1C(=O)CCCC1=O. The topological polar surface area (TPSA) is 37.4 Å².